The quantitative estimate of drug-likeness (QED) is 0.787. The fourth-order valence-electron chi connectivity index (χ4n) is 1.92. The fourth-order valence-corrected chi connectivity index (χ4v) is 1.92. The Morgan fingerprint density at radius 1 is 1.30 bits per heavy atom. The van der Waals surface area contributed by atoms with Gasteiger partial charge in [0.15, 0.2) is 23.0 Å². The summed E-state index contributed by atoms with van der Waals surface area (Å²) in [5.41, 5.74) is 0.653. The third-order valence-electron chi connectivity index (χ3n) is 2.95. The first-order valence-electron chi connectivity index (χ1n) is 6.10. The number of methoxy groups -OCH3 is 2. The molecule has 0 aliphatic heterocycles. The number of hydrogen-bond donors (Lipinski definition) is 0. The van der Waals surface area contributed by atoms with E-state index in [0.29, 0.717) is 23.6 Å². The van der Waals surface area contributed by atoms with E-state index in [9.17, 15) is 9.18 Å². The molecule has 0 aliphatic carbocycles. The van der Waals surface area contributed by atoms with Gasteiger partial charge in [0.05, 0.1) is 20.4 Å². The van der Waals surface area contributed by atoms with E-state index in [1.54, 1.807) is 0 Å². The number of hydrogen-bond acceptors (Lipinski definition) is 4. The lowest BCUT2D eigenvalue weighted by molar-refractivity contribution is 0.102. The standard InChI is InChI=1S/C14H15FN2O3/c1-4-17-13(12(20-3)8-16-17)14(18)9-5-6-10(15)11(7-9)19-2/h5-8H,4H2,1-3H3. The van der Waals surface area contributed by atoms with Crippen LogP contribution in [-0.4, -0.2) is 29.8 Å². The summed E-state index contributed by atoms with van der Waals surface area (Å²) >= 11 is 0. The van der Waals surface area contributed by atoms with Crippen LogP contribution in [0.4, 0.5) is 4.39 Å². The number of aryl methyl sites for hydroxylation is 1. The van der Waals surface area contributed by atoms with Crippen molar-refractivity contribution in [1.29, 1.82) is 0 Å². The summed E-state index contributed by atoms with van der Waals surface area (Å²) in [6, 6.07) is 3.97. The molecule has 1 aromatic heterocycles. The minimum atomic E-state index is -0.514. The molecule has 0 fully saturated rings. The van der Waals surface area contributed by atoms with Crippen molar-refractivity contribution in [2.24, 2.45) is 0 Å². The first-order valence-corrected chi connectivity index (χ1v) is 6.10. The number of benzene rings is 1. The van der Waals surface area contributed by atoms with E-state index < -0.39 is 5.82 Å². The molecule has 0 aliphatic rings. The first kappa shape index (κ1) is 14.0. The molecule has 0 spiro atoms. The number of ketones is 1. The first-order chi connectivity index (χ1) is 9.62. The summed E-state index contributed by atoms with van der Waals surface area (Å²) < 4.78 is 25.0. The van der Waals surface area contributed by atoms with Crippen molar-refractivity contribution in [2.75, 3.05) is 14.2 Å². The van der Waals surface area contributed by atoms with Crippen molar-refractivity contribution < 1.29 is 18.7 Å². The van der Waals surface area contributed by atoms with Gasteiger partial charge >= 0.3 is 0 Å². The summed E-state index contributed by atoms with van der Waals surface area (Å²) in [6.07, 6.45) is 1.48. The van der Waals surface area contributed by atoms with Crippen LogP contribution in [0, 0.1) is 5.82 Å². The van der Waals surface area contributed by atoms with Crippen molar-refractivity contribution in [3.8, 4) is 11.5 Å². The average Bonchev–Trinajstić information content (AvgIpc) is 2.89. The van der Waals surface area contributed by atoms with Gasteiger partial charge in [-0.1, -0.05) is 0 Å². The maximum absolute atomic E-state index is 13.4. The van der Waals surface area contributed by atoms with Gasteiger partial charge in [-0.15, -0.1) is 0 Å². The zero-order chi connectivity index (χ0) is 14.7. The van der Waals surface area contributed by atoms with Gasteiger partial charge in [-0.25, -0.2) is 4.39 Å². The third-order valence-corrected chi connectivity index (χ3v) is 2.95. The molecule has 0 atom stereocenters. The molecule has 0 saturated heterocycles. The average molecular weight is 278 g/mol. The van der Waals surface area contributed by atoms with Crippen molar-refractivity contribution >= 4 is 5.78 Å². The molecule has 2 rings (SSSR count). The van der Waals surface area contributed by atoms with Crippen molar-refractivity contribution in [2.45, 2.75) is 13.5 Å². The van der Waals surface area contributed by atoms with Crippen molar-refractivity contribution in [3.05, 3.63) is 41.5 Å². The van der Waals surface area contributed by atoms with Crippen LogP contribution in [0.1, 0.15) is 23.0 Å². The van der Waals surface area contributed by atoms with Crippen molar-refractivity contribution in [3.63, 3.8) is 0 Å². The maximum Gasteiger partial charge on any atom is 0.214 e. The van der Waals surface area contributed by atoms with Crippen LogP contribution in [0.3, 0.4) is 0 Å². The second-order valence-corrected chi connectivity index (χ2v) is 4.06. The second-order valence-electron chi connectivity index (χ2n) is 4.06. The van der Waals surface area contributed by atoms with E-state index in [2.05, 4.69) is 5.10 Å². The van der Waals surface area contributed by atoms with Crippen LogP contribution >= 0.6 is 0 Å². The van der Waals surface area contributed by atoms with E-state index in [4.69, 9.17) is 9.47 Å². The Kier molecular flexibility index (Phi) is 4.02. The number of halogens is 1. The molecule has 0 unspecified atom stereocenters. The number of ether oxygens (including phenoxy) is 2. The molecule has 0 bridgehead atoms. The SMILES string of the molecule is CCn1ncc(OC)c1C(=O)c1ccc(F)c(OC)c1. The number of nitrogens with zero attached hydrogens (tertiary/aromatic N) is 2. The molecular formula is C14H15FN2O3. The Bertz CT molecular complexity index is 616. The van der Waals surface area contributed by atoms with E-state index in [1.807, 2.05) is 6.92 Å². The minimum Gasteiger partial charge on any atom is -0.494 e. The number of carbonyl (C=O) groups is 1. The normalized spacial score (nSPS) is 10.4. The van der Waals surface area contributed by atoms with E-state index in [0.717, 1.165) is 0 Å². The summed E-state index contributed by atoms with van der Waals surface area (Å²) in [7, 11) is 2.82. The molecule has 6 heteroatoms. The molecular weight excluding hydrogens is 263 g/mol. The molecule has 20 heavy (non-hydrogen) atoms. The van der Waals surface area contributed by atoms with Gasteiger partial charge in [0.25, 0.3) is 0 Å². The highest BCUT2D eigenvalue weighted by atomic mass is 19.1. The van der Waals surface area contributed by atoms with Gasteiger partial charge in [-0.05, 0) is 25.1 Å². The monoisotopic (exact) mass is 278 g/mol. The van der Waals surface area contributed by atoms with Gasteiger partial charge in [-0.2, -0.15) is 5.10 Å². The predicted molar refractivity (Wildman–Crippen MR) is 70.8 cm³/mol. The summed E-state index contributed by atoms with van der Waals surface area (Å²) in [5, 5.41) is 4.08. The number of carbonyl (C=O) groups excluding carboxylic acids is 1. The highest BCUT2D eigenvalue weighted by Gasteiger charge is 2.21. The molecule has 1 heterocycles. The van der Waals surface area contributed by atoms with Gasteiger partial charge < -0.3 is 9.47 Å². The molecule has 1 aromatic carbocycles. The largest absolute Gasteiger partial charge is 0.494 e. The van der Waals surface area contributed by atoms with Crippen LogP contribution < -0.4 is 9.47 Å². The Balaban J connectivity index is 2.48. The lowest BCUT2D eigenvalue weighted by Crippen LogP contribution is -2.12. The van der Waals surface area contributed by atoms with Crippen LogP contribution in [0.25, 0.3) is 0 Å². The molecule has 0 saturated carbocycles. The lowest BCUT2D eigenvalue weighted by atomic mass is 10.1. The van der Waals surface area contributed by atoms with Crippen LogP contribution in [0.5, 0.6) is 11.5 Å². The van der Waals surface area contributed by atoms with Gasteiger partial charge in [0, 0.05) is 12.1 Å². The highest BCUT2D eigenvalue weighted by Crippen LogP contribution is 2.24. The molecule has 106 valence electrons. The van der Waals surface area contributed by atoms with Crippen LogP contribution in [0.2, 0.25) is 0 Å². The molecule has 0 amide bonds. The maximum atomic E-state index is 13.4. The number of rotatable bonds is 5. The Hall–Kier alpha value is -2.37. The molecule has 0 N–H and O–H groups in total. The fraction of sp³-hybridized carbons (Fsp3) is 0.286. The summed E-state index contributed by atoms with van der Waals surface area (Å²) in [6.45, 7) is 2.40. The Morgan fingerprint density at radius 3 is 2.60 bits per heavy atom. The smallest absolute Gasteiger partial charge is 0.214 e. The van der Waals surface area contributed by atoms with Crippen LogP contribution in [-0.2, 0) is 6.54 Å². The van der Waals surface area contributed by atoms with E-state index in [-0.39, 0.29) is 11.5 Å². The summed E-state index contributed by atoms with van der Waals surface area (Å²) in [4.78, 5) is 12.5. The number of aromatic nitrogens is 2. The third kappa shape index (κ3) is 2.36. The Labute approximate surface area is 115 Å². The predicted octanol–water partition coefficient (Wildman–Crippen LogP) is 2.29. The molecule has 0 radical (unpaired) electrons. The highest BCUT2D eigenvalue weighted by molar-refractivity contribution is 6.09. The van der Waals surface area contributed by atoms with Gasteiger partial charge in [-0.3, -0.25) is 9.48 Å². The van der Waals surface area contributed by atoms with Gasteiger partial charge in [0.1, 0.15) is 0 Å². The van der Waals surface area contributed by atoms with Crippen molar-refractivity contribution in [1.82, 2.24) is 9.78 Å². The zero-order valence-electron chi connectivity index (χ0n) is 11.5. The van der Waals surface area contributed by atoms with E-state index >= 15 is 0 Å². The minimum absolute atomic E-state index is 0.0254. The van der Waals surface area contributed by atoms with Crippen LogP contribution in [0.15, 0.2) is 24.4 Å². The zero-order valence-corrected chi connectivity index (χ0v) is 11.5. The summed E-state index contributed by atoms with van der Waals surface area (Å²) in [5.74, 6) is -0.392. The van der Waals surface area contributed by atoms with E-state index in [1.165, 1.54) is 43.3 Å². The Morgan fingerprint density at radius 2 is 2.00 bits per heavy atom. The molecule has 2 aromatic rings. The molecule has 5 nitrogen and oxygen atoms in total. The lowest BCUT2D eigenvalue weighted by Gasteiger charge is -2.08. The topological polar surface area (TPSA) is 53.4 Å². The second kappa shape index (κ2) is 5.73. The van der Waals surface area contributed by atoms with Gasteiger partial charge in [0.2, 0.25) is 5.78 Å².